The van der Waals surface area contributed by atoms with Crippen LogP contribution < -0.4 is 10.4 Å². The van der Waals surface area contributed by atoms with Crippen molar-refractivity contribution in [3.63, 3.8) is 0 Å². The fourth-order valence-corrected chi connectivity index (χ4v) is 4.06. The maximum Gasteiger partial charge on any atom is 0.410 e. The Balaban J connectivity index is 1.37. The van der Waals surface area contributed by atoms with Crippen LogP contribution in [0.1, 0.15) is 26.3 Å². The monoisotopic (exact) mass is 523 g/mol. The molecule has 1 aliphatic heterocycles. The average molecular weight is 524 g/mol. The number of amides is 1. The van der Waals surface area contributed by atoms with E-state index in [0.717, 1.165) is 38.6 Å². The molecule has 2 heterocycles. The van der Waals surface area contributed by atoms with Gasteiger partial charge in [-0.1, -0.05) is 30.3 Å². The zero-order valence-electron chi connectivity index (χ0n) is 22.4. The fourth-order valence-electron chi connectivity index (χ4n) is 4.06. The van der Waals surface area contributed by atoms with E-state index in [1.807, 2.05) is 75.4 Å². The van der Waals surface area contributed by atoms with Crippen molar-refractivity contribution in [2.24, 2.45) is 0 Å². The van der Waals surface area contributed by atoms with Crippen LogP contribution in [0.15, 0.2) is 65.7 Å². The standard InChI is InChI=1S/C28H37N5O5/c1-28(2,3)38-27(35)31(17-20-37-25-7-5-4-6-8-25)13-14-32-22-29-33(26(32)34)24-11-9-23(10-12-24)21-30-15-18-36-19-16-30/h4-12,22H,13-21H2,1-3H3. The number of para-hydroxylation sites is 1. The van der Waals surface area contributed by atoms with Gasteiger partial charge in [0.05, 0.1) is 25.4 Å². The lowest BCUT2D eigenvalue weighted by Crippen LogP contribution is -2.41. The first-order valence-electron chi connectivity index (χ1n) is 13.0. The van der Waals surface area contributed by atoms with Gasteiger partial charge >= 0.3 is 11.8 Å². The molecule has 1 saturated heterocycles. The molecular weight excluding hydrogens is 486 g/mol. The van der Waals surface area contributed by atoms with Crippen LogP contribution in [-0.2, 0) is 22.6 Å². The lowest BCUT2D eigenvalue weighted by Gasteiger charge is -2.27. The first-order chi connectivity index (χ1) is 18.3. The van der Waals surface area contributed by atoms with E-state index < -0.39 is 11.7 Å². The van der Waals surface area contributed by atoms with Crippen molar-refractivity contribution in [3.8, 4) is 11.4 Å². The summed E-state index contributed by atoms with van der Waals surface area (Å²) >= 11 is 0. The number of hydrogen-bond acceptors (Lipinski definition) is 7. The predicted molar refractivity (Wildman–Crippen MR) is 144 cm³/mol. The highest BCUT2D eigenvalue weighted by atomic mass is 16.6. The molecule has 10 nitrogen and oxygen atoms in total. The summed E-state index contributed by atoms with van der Waals surface area (Å²) in [5.41, 5.74) is 0.967. The summed E-state index contributed by atoms with van der Waals surface area (Å²) in [6.45, 7) is 10.9. The van der Waals surface area contributed by atoms with Crippen molar-refractivity contribution >= 4 is 6.09 Å². The maximum atomic E-state index is 13.1. The highest BCUT2D eigenvalue weighted by molar-refractivity contribution is 5.68. The number of aromatic nitrogens is 3. The molecular formula is C28H37N5O5. The third-order valence-electron chi connectivity index (χ3n) is 6.06. The minimum absolute atomic E-state index is 0.268. The van der Waals surface area contributed by atoms with Gasteiger partial charge in [-0.2, -0.15) is 9.78 Å². The Kier molecular flexibility index (Phi) is 9.19. The molecule has 1 aromatic heterocycles. The second kappa shape index (κ2) is 12.7. The Labute approximate surface area is 223 Å². The normalized spacial score (nSPS) is 14.3. The topological polar surface area (TPSA) is 91.1 Å². The van der Waals surface area contributed by atoms with Crippen LogP contribution in [-0.4, -0.2) is 81.8 Å². The van der Waals surface area contributed by atoms with E-state index in [9.17, 15) is 9.59 Å². The molecule has 4 rings (SSSR count). The second-order valence-corrected chi connectivity index (χ2v) is 10.2. The van der Waals surface area contributed by atoms with Crippen LogP contribution in [0.25, 0.3) is 5.69 Å². The van der Waals surface area contributed by atoms with Gasteiger partial charge in [-0.25, -0.2) is 9.59 Å². The van der Waals surface area contributed by atoms with E-state index in [0.29, 0.717) is 18.8 Å². The molecule has 1 amide bonds. The molecule has 38 heavy (non-hydrogen) atoms. The zero-order valence-corrected chi connectivity index (χ0v) is 22.4. The van der Waals surface area contributed by atoms with E-state index in [2.05, 4.69) is 10.00 Å². The Morgan fingerprint density at radius 1 is 1.03 bits per heavy atom. The first kappa shape index (κ1) is 27.4. The van der Waals surface area contributed by atoms with Crippen molar-refractivity contribution in [2.75, 3.05) is 46.0 Å². The van der Waals surface area contributed by atoms with Gasteiger partial charge in [-0.15, -0.1) is 0 Å². The fraction of sp³-hybridized carbons (Fsp3) is 0.464. The maximum absolute atomic E-state index is 13.1. The van der Waals surface area contributed by atoms with Gasteiger partial charge in [0.1, 0.15) is 24.3 Å². The number of rotatable bonds is 10. The van der Waals surface area contributed by atoms with Gasteiger partial charge in [-0.05, 0) is 50.6 Å². The van der Waals surface area contributed by atoms with Gasteiger partial charge < -0.3 is 19.1 Å². The molecule has 1 aliphatic rings. The third-order valence-corrected chi connectivity index (χ3v) is 6.06. The van der Waals surface area contributed by atoms with Gasteiger partial charge in [-0.3, -0.25) is 9.47 Å². The quantitative estimate of drug-likeness (QED) is 0.403. The molecule has 0 radical (unpaired) electrons. The highest BCUT2D eigenvalue weighted by Crippen LogP contribution is 2.13. The van der Waals surface area contributed by atoms with Crippen molar-refractivity contribution < 1.29 is 19.0 Å². The van der Waals surface area contributed by atoms with Crippen molar-refractivity contribution in [2.45, 2.75) is 39.5 Å². The minimum atomic E-state index is -0.634. The molecule has 3 aromatic rings. The van der Waals surface area contributed by atoms with Crippen LogP contribution in [0.2, 0.25) is 0 Å². The summed E-state index contributed by atoms with van der Waals surface area (Å²) in [4.78, 5) is 29.8. The zero-order chi connectivity index (χ0) is 27.0. The smallest absolute Gasteiger partial charge is 0.410 e. The second-order valence-electron chi connectivity index (χ2n) is 10.2. The Bertz CT molecular complexity index is 1210. The number of morpholine rings is 1. The first-order valence-corrected chi connectivity index (χ1v) is 13.0. The summed E-state index contributed by atoms with van der Waals surface area (Å²) in [7, 11) is 0. The van der Waals surface area contributed by atoms with Crippen molar-refractivity contribution in [1.82, 2.24) is 24.1 Å². The van der Waals surface area contributed by atoms with Crippen LogP contribution in [0.5, 0.6) is 5.75 Å². The van der Waals surface area contributed by atoms with Crippen LogP contribution in [0.4, 0.5) is 4.79 Å². The Morgan fingerprint density at radius 3 is 2.42 bits per heavy atom. The van der Waals surface area contributed by atoms with E-state index in [1.54, 1.807) is 4.90 Å². The van der Waals surface area contributed by atoms with Crippen LogP contribution in [0.3, 0.4) is 0 Å². The minimum Gasteiger partial charge on any atom is -0.492 e. The number of nitrogens with zero attached hydrogens (tertiary/aromatic N) is 5. The number of benzene rings is 2. The molecule has 0 bridgehead atoms. The number of hydrogen-bond donors (Lipinski definition) is 0. The molecule has 0 saturated carbocycles. The Hall–Kier alpha value is -3.63. The van der Waals surface area contributed by atoms with Crippen LogP contribution >= 0.6 is 0 Å². The Morgan fingerprint density at radius 2 is 1.74 bits per heavy atom. The summed E-state index contributed by atoms with van der Waals surface area (Å²) in [6.07, 6.45) is 1.04. The molecule has 1 fully saturated rings. The largest absolute Gasteiger partial charge is 0.492 e. The van der Waals surface area contributed by atoms with Gasteiger partial charge in [0, 0.05) is 32.7 Å². The lowest BCUT2D eigenvalue weighted by atomic mass is 10.2. The molecule has 0 unspecified atom stereocenters. The third kappa shape index (κ3) is 7.93. The number of carbonyl (C=O) groups excluding carboxylic acids is 1. The molecule has 0 aliphatic carbocycles. The van der Waals surface area contributed by atoms with E-state index in [1.165, 1.54) is 21.1 Å². The lowest BCUT2D eigenvalue weighted by molar-refractivity contribution is 0.0219. The van der Waals surface area contributed by atoms with Gasteiger partial charge in [0.25, 0.3) is 0 Å². The van der Waals surface area contributed by atoms with Crippen molar-refractivity contribution in [1.29, 1.82) is 0 Å². The van der Waals surface area contributed by atoms with Gasteiger partial charge in [0.15, 0.2) is 0 Å². The molecule has 10 heteroatoms. The van der Waals surface area contributed by atoms with E-state index in [4.69, 9.17) is 14.2 Å². The van der Waals surface area contributed by atoms with Crippen molar-refractivity contribution in [3.05, 3.63) is 77.0 Å². The highest BCUT2D eigenvalue weighted by Gasteiger charge is 2.22. The molecule has 0 spiro atoms. The van der Waals surface area contributed by atoms with Crippen LogP contribution in [0, 0.1) is 0 Å². The van der Waals surface area contributed by atoms with E-state index in [-0.39, 0.29) is 18.8 Å². The molecule has 0 N–H and O–H groups in total. The van der Waals surface area contributed by atoms with Gasteiger partial charge in [0.2, 0.25) is 0 Å². The molecule has 0 atom stereocenters. The number of ether oxygens (including phenoxy) is 3. The molecule has 2 aromatic carbocycles. The number of carbonyl (C=O) groups is 1. The predicted octanol–water partition coefficient (Wildman–Crippen LogP) is 3.18. The summed E-state index contributed by atoms with van der Waals surface area (Å²) in [5, 5.41) is 4.30. The molecule has 204 valence electrons. The van der Waals surface area contributed by atoms with E-state index >= 15 is 0 Å². The SMILES string of the molecule is CC(C)(C)OC(=O)N(CCOc1ccccc1)CCn1cnn(-c2ccc(CN3CCOCC3)cc2)c1=O. The summed E-state index contributed by atoms with van der Waals surface area (Å²) in [5.74, 6) is 0.727. The summed E-state index contributed by atoms with van der Waals surface area (Å²) < 4.78 is 19.6. The average Bonchev–Trinajstić information content (AvgIpc) is 3.26. The summed E-state index contributed by atoms with van der Waals surface area (Å²) in [6, 6.07) is 17.3.